The van der Waals surface area contributed by atoms with E-state index < -0.39 is 113 Å². The van der Waals surface area contributed by atoms with Gasteiger partial charge in [0.15, 0.2) is 23.6 Å². The minimum Gasteiger partial charge on any atom is -0.456 e. The van der Waals surface area contributed by atoms with E-state index in [9.17, 15) is 39.3 Å². The maximum Gasteiger partial charge on any atom is 0.338 e. The van der Waals surface area contributed by atoms with Crippen LogP contribution < -0.4 is 5.32 Å². The molecular formula is C43H53NO14. The summed E-state index contributed by atoms with van der Waals surface area (Å²) in [5.41, 5.74) is -6.30. The lowest BCUT2D eigenvalue weighted by Crippen LogP contribution is -2.82. The van der Waals surface area contributed by atoms with Gasteiger partial charge in [0.1, 0.15) is 23.9 Å². The summed E-state index contributed by atoms with van der Waals surface area (Å²) < 4.78 is 30.2. The van der Waals surface area contributed by atoms with E-state index in [2.05, 4.69) is 5.32 Å². The minimum absolute atomic E-state index is 0.00288. The Kier molecular flexibility index (Phi) is 11.4. The highest BCUT2D eigenvalue weighted by molar-refractivity contribution is 5.96. The van der Waals surface area contributed by atoms with Crippen molar-refractivity contribution in [1.82, 2.24) is 5.32 Å². The zero-order chi connectivity index (χ0) is 42.7. The molecule has 11 atom stereocenters. The van der Waals surface area contributed by atoms with Crippen molar-refractivity contribution < 1.29 is 67.8 Å². The summed E-state index contributed by atoms with van der Waals surface area (Å²) in [6, 6.07) is 5.16. The summed E-state index contributed by atoms with van der Waals surface area (Å²) >= 11 is 0. The third kappa shape index (κ3) is 7.09. The summed E-state index contributed by atoms with van der Waals surface area (Å²) in [7, 11) is 0. The molecule has 3 fully saturated rings. The van der Waals surface area contributed by atoms with E-state index in [4.69, 9.17) is 23.7 Å². The first kappa shape index (κ1) is 42.9. The third-order valence-corrected chi connectivity index (χ3v) is 12.8. The highest BCUT2D eigenvalue weighted by atomic mass is 16.6. The number of rotatable bonds is 3. The molecule has 2 saturated carbocycles. The highest BCUT2D eigenvalue weighted by Gasteiger charge is 2.78. The number of benzene rings is 1. The van der Waals surface area contributed by atoms with Crippen molar-refractivity contribution in [2.24, 2.45) is 16.7 Å². The fraction of sp³-hybridized carbons (Fsp3) is 0.581. The van der Waals surface area contributed by atoms with Crippen LogP contribution in [0.25, 0.3) is 6.08 Å². The number of carbonyl (C=O) groups is 6. The number of Topliss-reactive ketones (excluding diaryl/α,β-unsaturated/α-hetero) is 1. The molecule has 5 bridgehead atoms. The van der Waals surface area contributed by atoms with Gasteiger partial charge in [-0.3, -0.25) is 19.2 Å². The largest absolute Gasteiger partial charge is 0.456 e. The first-order valence-electron chi connectivity index (χ1n) is 19.5. The van der Waals surface area contributed by atoms with Crippen LogP contribution >= 0.6 is 0 Å². The van der Waals surface area contributed by atoms with Gasteiger partial charge in [-0.05, 0) is 63.0 Å². The molecule has 58 heavy (non-hydrogen) atoms. The van der Waals surface area contributed by atoms with Gasteiger partial charge in [-0.25, -0.2) is 9.59 Å². The molecule has 0 radical (unpaired) electrons. The van der Waals surface area contributed by atoms with Crippen molar-refractivity contribution in [3.63, 3.8) is 0 Å². The summed E-state index contributed by atoms with van der Waals surface area (Å²) in [4.78, 5) is 82.9. The second kappa shape index (κ2) is 15.5. The number of ketones is 1. The lowest BCUT2D eigenvalue weighted by Gasteiger charge is -2.67. The molecule has 2 heterocycles. The SMILES string of the molecule is CC(=O)O[C@H]1C(=O)[C@@]2(C)[C@H]([C@@H]3OC(=O)c4cccc(c4)/C=C/CCC(=O)N[C@@H](C=C(C)C)[C@@H](O)C(=O)O[C@H]4C[C@]3(O)C(C)(C)C1=C4C)[C@]1(OC(C)=O)CO[C@@H]1C[C@@H]2O. The van der Waals surface area contributed by atoms with Crippen LogP contribution in [0.1, 0.15) is 97.0 Å². The maximum atomic E-state index is 15.4. The van der Waals surface area contributed by atoms with Crippen molar-refractivity contribution in [1.29, 1.82) is 0 Å². The van der Waals surface area contributed by atoms with Gasteiger partial charge in [0.25, 0.3) is 0 Å². The van der Waals surface area contributed by atoms with E-state index in [1.165, 1.54) is 26.0 Å². The van der Waals surface area contributed by atoms with Gasteiger partial charge in [0, 0.05) is 38.5 Å². The molecule has 5 aliphatic rings. The maximum absolute atomic E-state index is 15.4. The number of amides is 1. The zero-order valence-electron chi connectivity index (χ0n) is 34.0. The van der Waals surface area contributed by atoms with Gasteiger partial charge in [-0.2, -0.15) is 0 Å². The van der Waals surface area contributed by atoms with Gasteiger partial charge in [-0.15, -0.1) is 0 Å². The van der Waals surface area contributed by atoms with Crippen LogP contribution in [0.15, 0.2) is 53.1 Å². The molecule has 1 aromatic carbocycles. The molecular weight excluding hydrogens is 754 g/mol. The Bertz CT molecular complexity index is 2000. The fourth-order valence-electron chi connectivity index (χ4n) is 9.83. The first-order valence-corrected chi connectivity index (χ1v) is 19.5. The summed E-state index contributed by atoms with van der Waals surface area (Å²) in [5, 5.41) is 39.8. The van der Waals surface area contributed by atoms with Crippen LogP contribution in [-0.4, -0.2) is 111 Å². The molecule has 6 rings (SSSR count). The average Bonchev–Trinajstić information content (AvgIpc) is 3.13. The van der Waals surface area contributed by atoms with Gasteiger partial charge in [0.05, 0.1) is 35.6 Å². The zero-order valence-corrected chi connectivity index (χ0v) is 34.0. The highest BCUT2D eigenvalue weighted by Crippen LogP contribution is 2.64. The second-order valence-corrected chi connectivity index (χ2v) is 17.2. The molecule has 1 saturated heterocycles. The van der Waals surface area contributed by atoms with Gasteiger partial charge < -0.3 is 44.3 Å². The first-order chi connectivity index (χ1) is 27.1. The molecule has 0 aromatic heterocycles. The quantitative estimate of drug-likeness (QED) is 0.196. The lowest BCUT2D eigenvalue weighted by atomic mass is 9.44. The number of carbonyl (C=O) groups excluding carboxylic acids is 6. The van der Waals surface area contributed by atoms with Gasteiger partial charge >= 0.3 is 23.9 Å². The van der Waals surface area contributed by atoms with Crippen molar-refractivity contribution >= 4 is 41.6 Å². The van der Waals surface area contributed by atoms with Crippen LogP contribution in [0.3, 0.4) is 0 Å². The van der Waals surface area contributed by atoms with Crippen LogP contribution in [-0.2, 0) is 47.7 Å². The number of aliphatic hydroxyl groups excluding tert-OH is 2. The number of aliphatic hydroxyl groups is 3. The molecule has 1 aromatic rings. The molecule has 314 valence electrons. The Labute approximate surface area is 336 Å². The van der Waals surface area contributed by atoms with Crippen LogP contribution in [0.5, 0.6) is 0 Å². The van der Waals surface area contributed by atoms with Crippen LogP contribution in [0, 0.1) is 16.7 Å². The molecule has 3 aliphatic carbocycles. The molecule has 0 spiro atoms. The van der Waals surface area contributed by atoms with E-state index in [1.807, 2.05) is 0 Å². The number of ether oxygens (including phenoxy) is 5. The molecule has 15 nitrogen and oxygen atoms in total. The van der Waals surface area contributed by atoms with E-state index in [0.29, 0.717) is 11.1 Å². The number of nitrogens with one attached hydrogen (secondary N) is 1. The van der Waals surface area contributed by atoms with Gasteiger partial charge in [0.2, 0.25) is 5.91 Å². The van der Waals surface area contributed by atoms with Crippen molar-refractivity contribution in [3.8, 4) is 0 Å². The Hall–Kier alpha value is -4.70. The molecule has 0 unspecified atom stereocenters. The second-order valence-electron chi connectivity index (χ2n) is 17.2. The van der Waals surface area contributed by atoms with Crippen LogP contribution in [0.2, 0.25) is 0 Å². The topological polar surface area (TPSA) is 221 Å². The Morgan fingerprint density at radius 2 is 1.71 bits per heavy atom. The Morgan fingerprint density at radius 3 is 2.33 bits per heavy atom. The number of hydrogen-bond acceptors (Lipinski definition) is 14. The summed E-state index contributed by atoms with van der Waals surface area (Å²) in [6.07, 6.45) is -5.08. The summed E-state index contributed by atoms with van der Waals surface area (Å²) in [6.45, 7) is 11.5. The van der Waals surface area contributed by atoms with Gasteiger partial charge in [-0.1, -0.05) is 49.8 Å². The van der Waals surface area contributed by atoms with E-state index >= 15 is 4.79 Å². The Morgan fingerprint density at radius 1 is 1.00 bits per heavy atom. The molecule has 2 aliphatic heterocycles. The molecule has 4 N–H and O–H groups in total. The Balaban J connectivity index is 1.65. The standard InChI is InChI=1S/C43H53NO14/c1-21(2)16-27-33(49)39(52)56-28-19-43(53)37(57-38(51)26-14-11-13-25(17-26)12-9-10-15-31(48)44-27)35-41(8,29(47)18-30-42(35,20-54-30)58-24(5)46)36(50)34(55-23(4)45)32(22(28)3)40(43,6)7/h9,11-14,16-17,27-30,33-35,37,47,49,53H,10,15,18-20H2,1-8H3,(H,44,48)/b12-9+/t27-,28-,29-,30+,33+,34+,35-,37-,41+,42-,43+/m0/s1. The smallest absolute Gasteiger partial charge is 0.338 e. The van der Waals surface area contributed by atoms with E-state index in [0.717, 1.165) is 13.8 Å². The predicted molar refractivity (Wildman–Crippen MR) is 204 cm³/mol. The number of esters is 4. The number of allylic oxidation sites excluding steroid dienone is 2. The van der Waals surface area contributed by atoms with Crippen molar-refractivity contribution in [2.45, 2.75) is 135 Å². The average molecular weight is 808 g/mol. The minimum atomic E-state index is -2.36. The molecule has 15 heteroatoms. The normalized spacial score (nSPS) is 37.9. The van der Waals surface area contributed by atoms with Crippen molar-refractivity contribution in [3.05, 3.63) is 64.3 Å². The van der Waals surface area contributed by atoms with Crippen LogP contribution in [0.4, 0.5) is 0 Å². The third-order valence-electron chi connectivity index (χ3n) is 12.8. The van der Waals surface area contributed by atoms with E-state index in [-0.39, 0.29) is 42.6 Å². The van der Waals surface area contributed by atoms with E-state index in [1.54, 1.807) is 58.0 Å². The monoisotopic (exact) mass is 807 g/mol. The number of hydrogen-bond donors (Lipinski definition) is 4. The lowest BCUT2D eigenvalue weighted by molar-refractivity contribution is -0.346. The molecule has 1 amide bonds. The number of fused-ring (bicyclic) bond motifs is 8. The summed E-state index contributed by atoms with van der Waals surface area (Å²) in [5.74, 6) is -6.63. The van der Waals surface area contributed by atoms with Crippen molar-refractivity contribution in [2.75, 3.05) is 6.61 Å². The fourth-order valence-corrected chi connectivity index (χ4v) is 9.83. The predicted octanol–water partition coefficient (Wildman–Crippen LogP) is 2.82.